The first-order valence-corrected chi connectivity index (χ1v) is 6.56. The van der Waals surface area contributed by atoms with Gasteiger partial charge in [0.2, 0.25) is 0 Å². The number of nitrogens with one attached hydrogen (secondary N) is 1. The van der Waals surface area contributed by atoms with Crippen LogP contribution in [0.2, 0.25) is 0 Å². The Kier molecular flexibility index (Phi) is 4.85. The van der Waals surface area contributed by atoms with Crippen LogP contribution < -0.4 is 10.1 Å². The molecule has 0 amide bonds. The SMILES string of the molecule is CCCNCc1nnnn1-c1cccc(OCC)c1. The standard InChI is InChI=1S/C13H19N5O/c1-3-8-14-10-13-15-16-17-18(13)11-6-5-7-12(9-11)19-4-2/h5-7,9,14H,3-4,8,10H2,1-2H3. The van der Waals surface area contributed by atoms with Gasteiger partial charge < -0.3 is 10.1 Å². The van der Waals surface area contributed by atoms with Crippen LogP contribution in [-0.2, 0) is 6.54 Å². The van der Waals surface area contributed by atoms with E-state index in [-0.39, 0.29) is 0 Å². The second kappa shape index (κ2) is 6.84. The van der Waals surface area contributed by atoms with Gasteiger partial charge in [-0.3, -0.25) is 0 Å². The number of ether oxygens (including phenoxy) is 1. The van der Waals surface area contributed by atoms with E-state index in [4.69, 9.17) is 4.74 Å². The summed E-state index contributed by atoms with van der Waals surface area (Å²) in [5.41, 5.74) is 0.907. The lowest BCUT2D eigenvalue weighted by Crippen LogP contribution is -2.17. The number of tetrazole rings is 1. The van der Waals surface area contributed by atoms with Crippen molar-refractivity contribution >= 4 is 0 Å². The van der Waals surface area contributed by atoms with Crippen molar-refractivity contribution in [2.75, 3.05) is 13.2 Å². The van der Waals surface area contributed by atoms with Crippen molar-refractivity contribution in [3.05, 3.63) is 30.1 Å². The minimum atomic E-state index is 0.643. The molecule has 0 radical (unpaired) electrons. The number of rotatable bonds is 7. The molecule has 0 spiro atoms. The largest absolute Gasteiger partial charge is 0.494 e. The Morgan fingerprint density at radius 1 is 1.32 bits per heavy atom. The van der Waals surface area contributed by atoms with Gasteiger partial charge in [-0.2, -0.15) is 4.68 Å². The minimum Gasteiger partial charge on any atom is -0.494 e. The topological polar surface area (TPSA) is 64.9 Å². The van der Waals surface area contributed by atoms with Crippen LogP contribution in [0.5, 0.6) is 5.75 Å². The molecule has 102 valence electrons. The maximum absolute atomic E-state index is 5.49. The van der Waals surface area contributed by atoms with Crippen LogP contribution in [0.15, 0.2) is 24.3 Å². The highest BCUT2D eigenvalue weighted by Crippen LogP contribution is 2.16. The molecule has 0 atom stereocenters. The molecule has 2 aromatic rings. The Balaban J connectivity index is 2.16. The first kappa shape index (κ1) is 13.5. The first-order valence-electron chi connectivity index (χ1n) is 6.56. The van der Waals surface area contributed by atoms with E-state index in [0.29, 0.717) is 13.2 Å². The highest BCUT2D eigenvalue weighted by Gasteiger charge is 2.08. The summed E-state index contributed by atoms with van der Waals surface area (Å²) < 4.78 is 7.21. The van der Waals surface area contributed by atoms with Crippen LogP contribution in [0, 0.1) is 0 Å². The lowest BCUT2D eigenvalue weighted by Gasteiger charge is -2.07. The van der Waals surface area contributed by atoms with Gasteiger partial charge in [0.1, 0.15) is 5.75 Å². The van der Waals surface area contributed by atoms with Gasteiger partial charge in [0.15, 0.2) is 5.82 Å². The Morgan fingerprint density at radius 2 is 2.21 bits per heavy atom. The Bertz CT molecular complexity index is 511. The molecule has 6 nitrogen and oxygen atoms in total. The monoisotopic (exact) mass is 261 g/mol. The highest BCUT2D eigenvalue weighted by molar-refractivity contribution is 5.38. The van der Waals surface area contributed by atoms with Gasteiger partial charge in [-0.1, -0.05) is 13.0 Å². The number of hydrogen-bond donors (Lipinski definition) is 1. The molecule has 6 heteroatoms. The number of aromatic nitrogens is 4. The molecule has 0 aliphatic carbocycles. The summed E-state index contributed by atoms with van der Waals surface area (Å²) in [7, 11) is 0. The summed E-state index contributed by atoms with van der Waals surface area (Å²) in [4.78, 5) is 0. The van der Waals surface area contributed by atoms with Crippen LogP contribution in [0.25, 0.3) is 5.69 Å². The Labute approximate surface area is 112 Å². The van der Waals surface area contributed by atoms with E-state index in [2.05, 4.69) is 27.8 Å². The third-order valence-corrected chi connectivity index (χ3v) is 2.62. The van der Waals surface area contributed by atoms with Gasteiger partial charge in [-0.15, -0.1) is 5.10 Å². The van der Waals surface area contributed by atoms with Gasteiger partial charge in [0.05, 0.1) is 18.8 Å². The van der Waals surface area contributed by atoms with Crippen molar-refractivity contribution in [3.8, 4) is 11.4 Å². The molecule has 1 aromatic heterocycles. The second-order valence-corrected chi connectivity index (χ2v) is 4.11. The van der Waals surface area contributed by atoms with Crippen molar-refractivity contribution in [1.82, 2.24) is 25.5 Å². The molecule has 1 N–H and O–H groups in total. The van der Waals surface area contributed by atoms with Crippen LogP contribution >= 0.6 is 0 Å². The molecular formula is C13H19N5O. The molecule has 0 unspecified atom stereocenters. The lowest BCUT2D eigenvalue weighted by molar-refractivity contribution is 0.340. The molecule has 2 rings (SSSR count). The van der Waals surface area contributed by atoms with Gasteiger partial charge in [-0.25, -0.2) is 0 Å². The minimum absolute atomic E-state index is 0.643. The van der Waals surface area contributed by atoms with Gasteiger partial charge >= 0.3 is 0 Å². The van der Waals surface area contributed by atoms with E-state index < -0.39 is 0 Å². The molecule has 0 bridgehead atoms. The van der Waals surface area contributed by atoms with Crippen LogP contribution in [0.4, 0.5) is 0 Å². The van der Waals surface area contributed by atoms with E-state index in [1.54, 1.807) is 4.68 Å². The average molecular weight is 261 g/mol. The molecule has 19 heavy (non-hydrogen) atoms. The van der Waals surface area contributed by atoms with Crippen LogP contribution in [-0.4, -0.2) is 33.4 Å². The molecule has 0 aliphatic rings. The second-order valence-electron chi connectivity index (χ2n) is 4.11. The van der Waals surface area contributed by atoms with Gasteiger partial charge in [0, 0.05) is 6.07 Å². The molecule has 0 saturated carbocycles. The maximum atomic E-state index is 5.49. The summed E-state index contributed by atoms with van der Waals surface area (Å²) >= 11 is 0. The third-order valence-electron chi connectivity index (χ3n) is 2.62. The van der Waals surface area contributed by atoms with Crippen LogP contribution in [0.3, 0.4) is 0 Å². The molecule has 0 saturated heterocycles. The summed E-state index contributed by atoms with van der Waals surface area (Å²) in [6.45, 7) is 6.33. The zero-order chi connectivity index (χ0) is 13.5. The van der Waals surface area contributed by atoms with E-state index in [1.165, 1.54) is 0 Å². The zero-order valence-corrected chi connectivity index (χ0v) is 11.3. The lowest BCUT2D eigenvalue weighted by atomic mass is 10.3. The normalized spacial score (nSPS) is 10.6. The number of benzene rings is 1. The van der Waals surface area contributed by atoms with E-state index in [0.717, 1.165) is 30.2 Å². The van der Waals surface area contributed by atoms with Crippen LogP contribution in [0.1, 0.15) is 26.1 Å². The fourth-order valence-electron chi connectivity index (χ4n) is 1.77. The van der Waals surface area contributed by atoms with E-state index in [9.17, 15) is 0 Å². The van der Waals surface area contributed by atoms with Crippen molar-refractivity contribution in [1.29, 1.82) is 0 Å². The van der Waals surface area contributed by atoms with E-state index in [1.807, 2.05) is 31.2 Å². The molecule has 0 fully saturated rings. The van der Waals surface area contributed by atoms with E-state index >= 15 is 0 Å². The summed E-state index contributed by atoms with van der Waals surface area (Å²) in [6, 6.07) is 7.75. The molecule has 0 aliphatic heterocycles. The van der Waals surface area contributed by atoms with Crippen molar-refractivity contribution < 1.29 is 4.74 Å². The molecule has 1 heterocycles. The quantitative estimate of drug-likeness (QED) is 0.766. The van der Waals surface area contributed by atoms with Crippen molar-refractivity contribution in [2.45, 2.75) is 26.8 Å². The fraction of sp³-hybridized carbons (Fsp3) is 0.462. The van der Waals surface area contributed by atoms with Crippen molar-refractivity contribution in [2.24, 2.45) is 0 Å². The first-order chi connectivity index (χ1) is 9.35. The molecule has 1 aromatic carbocycles. The Hall–Kier alpha value is -1.95. The van der Waals surface area contributed by atoms with Gasteiger partial charge in [0.25, 0.3) is 0 Å². The molecular weight excluding hydrogens is 242 g/mol. The summed E-state index contributed by atoms with van der Waals surface area (Å²) in [5.74, 6) is 1.62. The predicted molar refractivity (Wildman–Crippen MR) is 72.3 cm³/mol. The summed E-state index contributed by atoms with van der Waals surface area (Å²) in [5, 5.41) is 15.1. The van der Waals surface area contributed by atoms with Crippen molar-refractivity contribution in [3.63, 3.8) is 0 Å². The summed E-state index contributed by atoms with van der Waals surface area (Å²) in [6.07, 6.45) is 1.08. The smallest absolute Gasteiger partial charge is 0.170 e. The average Bonchev–Trinajstić information content (AvgIpc) is 2.88. The maximum Gasteiger partial charge on any atom is 0.170 e. The third kappa shape index (κ3) is 3.51. The number of hydrogen-bond acceptors (Lipinski definition) is 5. The fourth-order valence-corrected chi connectivity index (χ4v) is 1.77. The zero-order valence-electron chi connectivity index (χ0n) is 11.3. The highest BCUT2D eigenvalue weighted by atomic mass is 16.5. The van der Waals surface area contributed by atoms with Gasteiger partial charge in [-0.05, 0) is 42.4 Å². The Morgan fingerprint density at radius 3 is 3.00 bits per heavy atom. The predicted octanol–water partition coefficient (Wildman–Crippen LogP) is 1.56. The number of nitrogens with zero attached hydrogens (tertiary/aromatic N) is 4.